The second-order valence-corrected chi connectivity index (χ2v) is 9.12. The molecule has 4 N–H and O–H groups in total. The van der Waals surface area contributed by atoms with Crippen molar-refractivity contribution in [2.24, 2.45) is 5.92 Å². The number of benzene rings is 2. The number of halogens is 3. The van der Waals surface area contributed by atoms with Crippen LogP contribution in [0.5, 0.6) is 0 Å². The number of nitrogens with zero attached hydrogens (tertiary/aromatic N) is 2. The summed E-state index contributed by atoms with van der Waals surface area (Å²) in [7, 11) is 1.80. The number of rotatable bonds is 9. The van der Waals surface area contributed by atoms with E-state index in [0.29, 0.717) is 37.0 Å². The molecule has 0 bridgehead atoms. The first kappa shape index (κ1) is 26.2. The summed E-state index contributed by atoms with van der Waals surface area (Å²) in [4.78, 5) is 21.8. The van der Waals surface area contributed by atoms with E-state index in [1.54, 1.807) is 13.1 Å². The topological polar surface area (TPSA) is 91.0 Å². The minimum absolute atomic E-state index is 0.0666. The Kier molecular flexibility index (Phi) is 8.47. The predicted octanol–water partition coefficient (Wildman–Crippen LogP) is 5.44. The second-order valence-electron chi connectivity index (χ2n) is 9.12. The predicted molar refractivity (Wildman–Crippen MR) is 138 cm³/mol. The molecule has 1 amide bonds. The molecule has 0 atom stereocenters. The van der Waals surface area contributed by atoms with Crippen LogP contribution in [0.25, 0.3) is 0 Å². The zero-order valence-electron chi connectivity index (χ0n) is 20.6. The lowest BCUT2D eigenvalue weighted by atomic mass is 9.85. The summed E-state index contributed by atoms with van der Waals surface area (Å²) in [6.07, 6.45) is -1.71. The van der Waals surface area contributed by atoms with Crippen molar-refractivity contribution in [2.75, 3.05) is 23.0 Å². The maximum atomic E-state index is 13.2. The number of carbonyl (C=O) groups is 1. The van der Waals surface area contributed by atoms with E-state index < -0.39 is 11.7 Å². The van der Waals surface area contributed by atoms with Gasteiger partial charge in [-0.2, -0.15) is 23.1 Å². The van der Waals surface area contributed by atoms with Crippen molar-refractivity contribution >= 4 is 23.5 Å². The molecular weight excluding hydrogens is 481 g/mol. The van der Waals surface area contributed by atoms with Crippen molar-refractivity contribution in [1.82, 2.24) is 15.3 Å². The molecule has 37 heavy (non-hydrogen) atoms. The van der Waals surface area contributed by atoms with Gasteiger partial charge in [0, 0.05) is 38.2 Å². The van der Waals surface area contributed by atoms with Crippen molar-refractivity contribution in [3.63, 3.8) is 0 Å². The number of alkyl halides is 3. The molecule has 0 spiro atoms. The fraction of sp³-hybridized carbons (Fsp3) is 0.370. The summed E-state index contributed by atoms with van der Waals surface area (Å²) in [6, 6.07) is 17.3. The summed E-state index contributed by atoms with van der Waals surface area (Å²) in [5, 5.41) is 12.4. The van der Waals surface area contributed by atoms with Crippen LogP contribution in [0.15, 0.2) is 60.7 Å². The normalized spacial score (nSPS) is 17.6. The van der Waals surface area contributed by atoms with Gasteiger partial charge < -0.3 is 21.3 Å². The third-order valence-corrected chi connectivity index (χ3v) is 6.51. The summed E-state index contributed by atoms with van der Waals surface area (Å²) >= 11 is 0. The number of carbonyl (C=O) groups excluding carboxylic acids is 1. The smallest absolute Gasteiger partial charge is 0.373 e. The van der Waals surface area contributed by atoms with Crippen LogP contribution in [-0.2, 0) is 24.1 Å². The van der Waals surface area contributed by atoms with Gasteiger partial charge in [0.1, 0.15) is 11.6 Å². The van der Waals surface area contributed by atoms with Crippen LogP contribution in [-0.4, -0.2) is 29.0 Å². The van der Waals surface area contributed by atoms with E-state index in [1.165, 1.54) is 12.1 Å². The minimum atomic E-state index is -4.45. The molecule has 4 rings (SSSR count). The molecule has 0 unspecified atom stereocenters. The van der Waals surface area contributed by atoms with Crippen molar-refractivity contribution in [1.29, 1.82) is 0 Å². The second kappa shape index (κ2) is 11.9. The SMILES string of the molecule is CNc1cc(NCc2ccccc2)nc(N[C@H]2CC[C@@H](C(=O)NCc3ccccc3C(F)(F)F)CC2)n1. The Labute approximate surface area is 214 Å². The van der Waals surface area contributed by atoms with Crippen LogP contribution in [0.2, 0.25) is 0 Å². The average Bonchev–Trinajstić information content (AvgIpc) is 2.91. The van der Waals surface area contributed by atoms with Crippen molar-refractivity contribution in [2.45, 2.75) is 51.0 Å². The first-order valence-electron chi connectivity index (χ1n) is 12.4. The molecule has 3 aromatic rings. The van der Waals surface area contributed by atoms with Gasteiger partial charge in [0.25, 0.3) is 0 Å². The van der Waals surface area contributed by atoms with Crippen molar-refractivity contribution in [3.05, 3.63) is 77.4 Å². The van der Waals surface area contributed by atoms with E-state index in [0.717, 1.165) is 24.5 Å². The van der Waals surface area contributed by atoms with Crippen molar-refractivity contribution in [3.8, 4) is 0 Å². The summed E-state index contributed by atoms with van der Waals surface area (Å²) in [6.45, 7) is 0.490. The first-order chi connectivity index (χ1) is 17.8. The van der Waals surface area contributed by atoms with Crippen molar-refractivity contribution < 1.29 is 18.0 Å². The zero-order chi connectivity index (χ0) is 26.3. The minimum Gasteiger partial charge on any atom is -0.373 e. The fourth-order valence-electron chi connectivity index (χ4n) is 4.48. The van der Waals surface area contributed by atoms with Gasteiger partial charge >= 0.3 is 6.18 Å². The number of anilines is 3. The van der Waals surface area contributed by atoms with E-state index in [4.69, 9.17) is 0 Å². The number of amides is 1. The van der Waals surface area contributed by atoms with E-state index in [1.807, 2.05) is 36.4 Å². The molecule has 1 saturated carbocycles. The lowest BCUT2D eigenvalue weighted by Gasteiger charge is -2.28. The summed E-state index contributed by atoms with van der Waals surface area (Å²) in [5.74, 6) is 1.43. The summed E-state index contributed by atoms with van der Waals surface area (Å²) < 4.78 is 39.6. The van der Waals surface area contributed by atoms with Gasteiger partial charge in [0.05, 0.1) is 5.56 Å². The number of hydrogen-bond acceptors (Lipinski definition) is 6. The Bertz CT molecular complexity index is 1180. The number of aromatic nitrogens is 2. The quantitative estimate of drug-likeness (QED) is 0.305. The molecule has 7 nitrogen and oxygen atoms in total. The molecule has 196 valence electrons. The van der Waals surface area contributed by atoms with Crippen LogP contribution in [0, 0.1) is 5.92 Å². The molecule has 0 radical (unpaired) electrons. The molecule has 1 fully saturated rings. The first-order valence-corrected chi connectivity index (χ1v) is 12.4. The molecular formula is C27H31F3N6O. The number of nitrogens with one attached hydrogen (secondary N) is 4. The highest BCUT2D eigenvalue weighted by molar-refractivity contribution is 5.78. The van der Waals surface area contributed by atoms with E-state index >= 15 is 0 Å². The Balaban J connectivity index is 1.29. The lowest BCUT2D eigenvalue weighted by molar-refractivity contribution is -0.138. The molecule has 1 aromatic heterocycles. The van der Waals surface area contributed by atoms with Crippen LogP contribution >= 0.6 is 0 Å². The maximum Gasteiger partial charge on any atom is 0.416 e. The highest BCUT2D eigenvalue weighted by atomic mass is 19.4. The molecule has 10 heteroatoms. The fourth-order valence-corrected chi connectivity index (χ4v) is 4.48. The Morgan fingerprint density at radius 1 is 0.919 bits per heavy atom. The standard InChI is InChI=1S/C27H31F3N6O/c1-31-23-15-24(32-16-18-7-3-2-4-8-18)36-26(35-23)34-21-13-11-19(12-14-21)25(37)33-17-20-9-5-6-10-22(20)27(28,29)30/h2-10,15,19,21H,11-14,16-17H2,1H3,(H,33,37)(H3,31,32,34,35,36)/t19-,21+. The van der Waals surface area contributed by atoms with Gasteiger partial charge in [-0.15, -0.1) is 0 Å². The van der Waals surface area contributed by atoms with Gasteiger partial charge in [0.2, 0.25) is 11.9 Å². The van der Waals surface area contributed by atoms with Gasteiger partial charge in [-0.1, -0.05) is 48.5 Å². The van der Waals surface area contributed by atoms with Gasteiger partial charge in [-0.3, -0.25) is 4.79 Å². The molecule has 2 aromatic carbocycles. The summed E-state index contributed by atoms with van der Waals surface area (Å²) in [5.41, 5.74) is 0.488. The zero-order valence-corrected chi connectivity index (χ0v) is 20.6. The average molecular weight is 513 g/mol. The maximum absolute atomic E-state index is 13.2. The third kappa shape index (κ3) is 7.34. The largest absolute Gasteiger partial charge is 0.416 e. The lowest BCUT2D eigenvalue weighted by Crippen LogP contribution is -2.36. The van der Waals surface area contributed by atoms with E-state index in [2.05, 4.69) is 31.2 Å². The monoisotopic (exact) mass is 512 g/mol. The molecule has 1 aliphatic carbocycles. The number of hydrogen-bond donors (Lipinski definition) is 4. The highest BCUT2D eigenvalue weighted by Gasteiger charge is 2.33. The van der Waals surface area contributed by atoms with Crippen LogP contribution in [0.4, 0.5) is 30.8 Å². The highest BCUT2D eigenvalue weighted by Crippen LogP contribution is 2.32. The Morgan fingerprint density at radius 3 is 2.30 bits per heavy atom. The van der Waals surface area contributed by atoms with Crippen LogP contribution in [0.3, 0.4) is 0 Å². The van der Waals surface area contributed by atoms with Crippen LogP contribution in [0.1, 0.15) is 42.4 Å². The molecule has 0 saturated heterocycles. The van der Waals surface area contributed by atoms with E-state index in [-0.39, 0.29) is 30.0 Å². The Morgan fingerprint density at radius 2 is 1.59 bits per heavy atom. The van der Waals surface area contributed by atoms with E-state index in [9.17, 15) is 18.0 Å². The Hall–Kier alpha value is -3.82. The van der Waals surface area contributed by atoms with Crippen LogP contribution < -0.4 is 21.3 Å². The third-order valence-electron chi connectivity index (χ3n) is 6.51. The molecule has 0 aliphatic heterocycles. The van der Waals surface area contributed by atoms with Gasteiger partial charge in [-0.05, 0) is 42.9 Å². The molecule has 1 aliphatic rings. The van der Waals surface area contributed by atoms with Gasteiger partial charge in [-0.25, -0.2) is 0 Å². The molecule has 1 heterocycles. The van der Waals surface area contributed by atoms with Gasteiger partial charge in [0.15, 0.2) is 0 Å².